The van der Waals surface area contributed by atoms with Crippen LogP contribution in [0.2, 0.25) is 0 Å². The summed E-state index contributed by atoms with van der Waals surface area (Å²) in [6, 6.07) is 17.2. The van der Waals surface area contributed by atoms with Crippen LogP contribution in [-0.4, -0.2) is 6.03 Å². The molecule has 0 radical (unpaired) electrons. The Bertz CT molecular complexity index is 554. The van der Waals surface area contributed by atoms with Crippen LogP contribution in [0, 0.1) is 0 Å². The lowest BCUT2D eigenvalue weighted by atomic mass is 10.1. The maximum absolute atomic E-state index is 10.8. The van der Waals surface area contributed by atoms with Crippen LogP contribution < -0.4 is 16.4 Å². The van der Waals surface area contributed by atoms with Gasteiger partial charge in [0.1, 0.15) is 0 Å². The molecule has 1 unspecified atom stereocenters. The first-order valence-electron chi connectivity index (χ1n) is 6.13. The highest BCUT2D eigenvalue weighted by Gasteiger charge is 2.06. The molecule has 0 fully saturated rings. The first-order valence-corrected chi connectivity index (χ1v) is 6.13. The Morgan fingerprint density at radius 2 is 1.74 bits per heavy atom. The van der Waals surface area contributed by atoms with Crippen molar-refractivity contribution in [3.05, 3.63) is 60.2 Å². The number of primary amides is 1. The number of para-hydroxylation sites is 1. The van der Waals surface area contributed by atoms with Gasteiger partial charge in [-0.3, -0.25) is 0 Å². The highest BCUT2D eigenvalue weighted by atomic mass is 16.2. The van der Waals surface area contributed by atoms with E-state index in [1.54, 1.807) is 0 Å². The quantitative estimate of drug-likeness (QED) is 0.784. The van der Waals surface area contributed by atoms with Gasteiger partial charge in [-0.25, -0.2) is 4.79 Å². The molecule has 0 spiro atoms. The summed E-state index contributed by atoms with van der Waals surface area (Å²) in [6.45, 7) is 2.07. The lowest BCUT2D eigenvalue weighted by molar-refractivity contribution is 0.259. The normalized spacial score (nSPS) is 11.6. The van der Waals surface area contributed by atoms with E-state index >= 15 is 0 Å². The molecule has 19 heavy (non-hydrogen) atoms. The van der Waals surface area contributed by atoms with E-state index < -0.39 is 6.03 Å². The number of rotatable bonds is 4. The van der Waals surface area contributed by atoms with Crippen LogP contribution >= 0.6 is 0 Å². The van der Waals surface area contributed by atoms with Gasteiger partial charge in [0.05, 0.1) is 0 Å². The molecule has 2 amide bonds. The molecule has 4 heteroatoms. The SMILES string of the molecule is CC(Nc1ccccc1)c1cccc(NC(N)=O)c1. The fourth-order valence-corrected chi connectivity index (χ4v) is 1.90. The highest BCUT2D eigenvalue weighted by Crippen LogP contribution is 2.21. The van der Waals surface area contributed by atoms with E-state index in [0.29, 0.717) is 5.69 Å². The Balaban J connectivity index is 2.10. The molecule has 2 rings (SSSR count). The summed E-state index contributed by atoms with van der Waals surface area (Å²) in [5.41, 5.74) is 7.95. The maximum atomic E-state index is 10.8. The molecule has 0 aliphatic rings. The number of urea groups is 1. The molecule has 0 aliphatic carbocycles. The second kappa shape index (κ2) is 5.91. The van der Waals surface area contributed by atoms with E-state index in [1.807, 2.05) is 54.6 Å². The van der Waals surface area contributed by atoms with E-state index in [4.69, 9.17) is 5.73 Å². The predicted octanol–water partition coefficient (Wildman–Crippen LogP) is 3.35. The van der Waals surface area contributed by atoms with Gasteiger partial charge in [-0.2, -0.15) is 0 Å². The van der Waals surface area contributed by atoms with Crippen LogP contribution in [-0.2, 0) is 0 Å². The second-order valence-electron chi connectivity index (χ2n) is 4.35. The van der Waals surface area contributed by atoms with E-state index in [9.17, 15) is 4.79 Å². The van der Waals surface area contributed by atoms with Gasteiger partial charge < -0.3 is 16.4 Å². The molecule has 0 saturated heterocycles. The summed E-state index contributed by atoms with van der Waals surface area (Å²) < 4.78 is 0. The molecule has 0 bridgehead atoms. The number of nitrogens with one attached hydrogen (secondary N) is 2. The molecular formula is C15H17N3O. The van der Waals surface area contributed by atoms with E-state index in [-0.39, 0.29) is 6.04 Å². The zero-order chi connectivity index (χ0) is 13.7. The number of carbonyl (C=O) groups is 1. The van der Waals surface area contributed by atoms with E-state index in [0.717, 1.165) is 11.3 Å². The van der Waals surface area contributed by atoms with E-state index in [2.05, 4.69) is 17.6 Å². The second-order valence-corrected chi connectivity index (χ2v) is 4.35. The monoisotopic (exact) mass is 255 g/mol. The van der Waals surface area contributed by atoms with Crippen molar-refractivity contribution < 1.29 is 4.79 Å². The van der Waals surface area contributed by atoms with Crippen molar-refractivity contribution in [2.45, 2.75) is 13.0 Å². The number of hydrogen-bond acceptors (Lipinski definition) is 2. The maximum Gasteiger partial charge on any atom is 0.316 e. The van der Waals surface area contributed by atoms with Crippen molar-refractivity contribution >= 4 is 17.4 Å². The van der Waals surface area contributed by atoms with Crippen LogP contribution in [0.5, 0.6) is 0 Å². The van der Waals surface area contributed by atoms with Crippen LogP contribution in [0.3, 0.4) is 0 Å². The average molecular weight is 255 g/mol. The smallest absolute Gasteiger partial charge is 0.316 e. The van der Waals surface area contributed by atoms with Crippen molar-refractivity contribution in [2.75, 3.05) is 10.6 Å². The summed E-state index contributed by atoms with van der Waals surface area (Å²) in [6.07, 6.45) is 0. The van der Waals surface area contributed by atoms with Gasteiger partial charge in [-0.05, 0) is 36.8 Å². The first kappa shape index (κ1) is 13.0. The third-order valence-electron chi connectivity index (χ3n) is 2.81. The zero-order valence-corrected chi connectivity index (χ0v) is 10.8. The summed E-state index contributed by atoms with van der Waals surface area (Å²) >= 11 is 0. The van der Waals surface area contributed by atoms with Crippen LogP contribution in [0.25, 0.3) is 0 Å². The summed E-state index contributed by atoms with van der Waals surface area (Å²) in [5, 5.41) is 5.97. The lowest BCUT2D eigenvalue weighted by Gasteiger charge is -2.16. The summed E-state index contributed by atoms with van der Waals surface area (Å²) in [7, 11) is 0. The summed E-state index contributed by atoms with van der Waals surface area (Å²) in [4.78, 5) is 10.8. The van der Waals surface area contributed by atoms with Gasteiger partial charge in [0.2, 0.25) is 0 Å². The molecule has 0 heterocycles. The van der Waals surface area contributed by atoms with Gasteiger partial charge in [-0.15, -0.1) is 0 Å². The summed E-state index contributed by atoms with van der Waals surface area (Å²) in [5.74, 6) is 0. The van der Waals surface area contributed by atoms with Crippen molar-refractivity contribution in [3.8, 4) is 0 Å². The molecule has 1 atom stereocenters. The third kappa shape index (κ3) is 3.74. The molecule has 98 valence electrons. The van der Waals surface area contributed by atoms with Gasteiger partial charge in [0, 0.05) is 17.4 Å². The number of amides is 2. The topological polar surface area (TPSA) is 67.2 Å². The van der Waals surface area contributed by atoms with Gasteiger partial charge >= 0.3 is 6.03 Å². The number of anilines is 2. The van der Waals surface area contributed by atoms with E-state index in [1.165, 1.54) is 0 Å². The minimum absolute atomic E-state index is 0.136. The first-order chi connectivity index (χ1) is 9.15. The number of nitrogens with two attached hydrogens (primary N) is 1. The van der Waals surface area contributed by atoms with Crippen molar-refractivity contribution in [2.24, 2.45) is 5.73 Å². The molecule has 4 N–H and O–H groups in total. The number of carbonyl (C=O) groups excluding carboxylic acids is 1. The number of hydrogen-bond donors (Lipinski definition) is 3. The fourth-order valence-electron chi connectivity index (χ4n) is 1.90. The average Bonchev–Trinajstić information content (AvgIpc) is 2.39. The Morgan fingerprint density at radius 1 is 1.05 bits per heavy atom. The van der Waals surface area contributed by atoms with Crippen molar-refractivity contribution in [1.29, 1.82) is 0 Å². The number of benzene rings is 2. The molecule has 2 aromatic rings. The predicted molar refractivity (Wildman–Crippen MR) is 78.1 cm³/mol. The molecular weight excluding hydrogens is 238 g/mol. The van der Waals surface area contributed by atoms with Gasteiger partial charge in [-0.1, -0.05) is 30.3 Å². The standard InChI is InChI=1S/C15H17N3O/c1-11(17-13-7-3-2-4-8-13)12-6-5-9-14(10-12)18-15(16)19/h2-11,17H,1H3,(H3,16,18,19). The Morgan fingerprint density at radius 3 is 2.42 bits per heavy atom. The third-order valence-corrected chi connectivity index (χ3v) is 2.81. The minimum atomic E-state index is -0.555. The Kier molecular flexibility index (Phi) is 4.03. The van der Waals surface area contributed by atoms with Crippen LogP contribution in [0.1, 0.15) is 18.5 Å². The fraction of sp³-hybridized carbons (Fsp3) is 0.133. The van der Waals surface area contributed by atoms with Crippen molar-refractivity contribution in [1.82, 2.24) is 0 Å². The molecule has 0 saturated carbocycles. The van der Waals surface area contributed by atoms with Gasteiger partial charge in [0.15, 0.2) is 0 Å². The highest BCUT2D eigenvalue weighted by molar-refractivity contribution is 5.87. The largest absolute Gasteiger partial charge is 0.379 e. The van der Waals surface area contributed by atoms with Crippen LogP contribution in [0.15, 0.2) is 54.6 Å². The Labute approximate surface area is 112 Å². The van der Waals surface area contributed by atoms with Crippen LogP contribution in [0.4, 0.5) is 16.2 Å². The molecule has 0 aliphatic heterocycles. The lowest BCUT2D eigenvalue weighted by Crippen LogP contribution is -2.19. The molecule has 4 nitrogen and oxygen atoms in total. The molecule has 2 aromatic carbocycles. The van der Waals surface area contributed by atoms with Gasteiger partial charge in [0.25, 0.3) is 0 Å². The zero-order valence-electron chi connectivity index (χ0n) is 10.8. The Hall–Kier alpha value is -2.49. The minimum Gasteiger partial charge on any atom is -0.379 e. The molecule has 0 aromatic heterocycles. The van der Waals surface area contributed by atoms with Crippen molar-refractivity contribution in [3.63, 3.8) is 0 Å².